The molecular weight excluding hydrogens is 807 g/mol. The van der Waals surface area contributed by atoms with Crippen molar-refractivity contribution in [2.24, 2.45) is 47.3 Å². The van der Waals surface area contributed by atoms with Gasteiger partial charge in [-0.1, -0.05) is 79.1 Å². The lowest BCUT2D eigenvalue weighted by molar-refractivity contribution is -0.167. The molecule has 0 radical (unpaired) electrons. The largest absolute Gasteiger partial charge is 0.462 e. The topological polar surface area (TPSA) is 170 Å². The van der Waals surface area contributed by atoms with Crippen molar-refractivity contribution in [1.29, 1.82) is 0 Å². The third kappa shape index (κ3) is 23.0. The third-order valence-electron chi connectivity index (χ3n) is 14.1. The van der Waals surface area contributed by atoms with E-state index in [1.165, 1.54) is 0 Å². The molecule has 4 rings (SSSR count). The Morgan fingerprint density at radius 2 is 0.619 bits per heavy atom. The SMILES string of the molecule is CC1CCC(CC(=O)OCC(COC(=O)CC2CCC(C)CC2)OC(=O)CCCNCCCC(=O)OC(COC(=O)CC2CCC(C)CC2)COC(=O)CC2CCC(C)CC2)CC1. The summed E-state index contributed by atoms with van der Waals surface area (Å²) >= 11 is 0. The molecule has 0 spiro atoms. The molecule has 1 N–H and O–H groups in total. The second-order valence-corrected chi connectivity index (χ2v) is 20.2. The first-order chi connectivity index (χ1) is 30.3. The summed E-state index contributed by atoms with van der Waals surface area (Å²) in [4.78, 5) is 76.6. The van der Waals surface area contributed by atoms with Gasteiger partial charge in [0.2, 0.25) is 0 Å². The minimum absolute atomic E-state index is 0.104. The number of ether oxygens (including phenoxy) is 6. The van der Waals surface area contributed by atoms with Crippen LogP contribution >= 0.6 is 0 Å². The Bertz CT molecular complexity index is 1190. The van der Waals surface area contributed by atoms with Crippen LogP contribution < -0.4 is 5.32 Å². The Labute approximate surface area is 378 Å². The second-order valence-electron chi connectivity index (χ2n) is 20.2. The van der Waals surface area contributed by atoms with E-state index in [4.69, 9.17) is 28.4 Å². The molecule has 0 atom stereocenters. The number of nitrogens with one attached hydrogen (secondary N) is 1. The van der Waals surface area contributed by atoms with Gasteiger partial charge < -0.3 is 33.7 Å². The number of hydrogen-bond acceptors (Lipinski definition) is 13. The number of rotatable bonds is 26. The summed E-state index contributed by atoms with van der Waals surface area (Å²) in [6, 6.07) is 0. The van der Waals surface area contributed by atoms with Crippen LogP contribution in [0.25, 0.3) is 0 Å². The Kier molecular flexibility index (Phi) is 24.4. The van der Waals surface area contributed by atoms with Gasteiger partial charge in [-0.2, -0.15) is 0 Å². The second kappa shape index (κ2) is 29.3. The van der Waals surface area contributed by atoms with Gasteiger partial charge in [0.1, 0.15) is 26.4 Å². The van der Waals surface area contributed by atoms with Gasteiger partial charge in [0.05, 0.1) is 0 Å². The number of hydrogen-bond donors (Lipinski definition) is 1. The predicted molar refractivity (Wildman–Crippen MR) is 238 cm³/mol. The van der Waals surface area contributed by atoms with Gasteiger partial charge in [0.25, 0.3) is 0 Å². The fraction of sp³-hybridized carbons (Fsp3) is 0.880. The first-order valence-corrected chi connectivity index (χ1v) is 25.0. The molecule has 0 aromatic heterocycles. The molecular formula is C50H83NO12. The minimum atomic E-state index is -0.889. The summed E-state index contributed by atoms with van der Waals surface area (Å²) in [6.45, 7) is 9.27. The monoisotopic (exact) mass is 890 g/mol. The van der Waals surface area contributed by atoms with Crippen LogP contribution in [0.5, 0.6) is 0 Å². The van der Waals surface area contributed by atoms with E-state index in [1.807, 2.05) is 0 Å². The minimum Gasteiger partial charge on any atom is -0.462 e. The predicted octanol–water partition coefficient (Wildman–Crippen LogP) is 9.00. The number of esters is 6. The first kappa shape index (κ1) is 52.4. The average Bonchev–Trinajstić information content (AvgIpc) is 3.25. The maximum Gasteiger partial charge on any atom is 0.306 e. The summed E-state index contributed by atoms with van der Waals surface area (Å²) in [5.74, 6) is 1.66. The van der Waals surface area contributed by atoms with Crippen molar-refractivity contribution in [3.63, 3.8) is 0 Å². The maximum atomic E-state index is 12.9. The molecule has 0 heterocycles. The molecule has 0 amide bonds. The lowest BCUT2D eigenvalue weighted by atomic mass is 9.81. The van der Waals surface area contributed by atoms with E-state index in [0.29, 0.717) is 99.0 Å². The van der Waals surface area contributed by atoms with Gasteiger partial charge in [-0.05, 0) is 125 Å². The van der Waals surface area contributed by atoms with Crippen molar-refractivity contribution < 1.29 is 57.2 Å². The molecule has 4 aliphatic carbocycles. The quantitative estimate of drug-likeness (QED) is 0.0497. The highest BCUT2D eigenvalue weighted by molar-refractivity contribution is 5.72. The van der Waals surface area contributed by atoms with E-state index in [0.717, 1.165) is 103 Å². The highest BCUT2D eigenvalue weighted by atomic mass is 16.6. The van der Waals surface area contributed by atoms with E-state index >= 15 is 0 Å². The smallest absolute Gasteiger partial charge is 0.306 e. The standard InChI is InChI=1S/C50H83NO12/c1-35-9-17-39(18-10-35)27-47(54)58-31-43(32-59-48(55)28-40-19-11-36(2)12-20-40)62-45(52)7-5-25-51-26-6-8-46(53)63-44(33-60-49(56)29-41-21-13-37(3)14-22-41)34-61-50(57)30-42-23-15-38(4)16-24-42/h35-44,51H,5-34H2,1-4H3. The molecule has 63 heavy (non-hydrogen) atoms. The molecule has 0 aromatic carbocycles. The van der Waals surface area contributed by atoms with E-state index < -0.39 is 24.1 Å². The number of carbonyl (C=O) groups is 6. The van der Waals surface area contributed by atoms with Gasteiger partial charge in [-0.3, -0.25) is 28.8 Å². The summed E-state index contributed by atoms with van der Waals surface area (Å²) in [6.07, 6.45) is 17.6. The van der Waals surface area contributed by atoms with Crippen molar-refractivity contribution in [3.8, 4) is 0 Å². The van der Waals surface area contributed by atoms with Crippen LogP contribution in [0.1, 0.15) is 182 Å². The van der Waals surface area contributed by atoms with Crippen molar-refractivity contribution >= 4 is 35.8 Å². The first-order valence-electron chi connectivity index (χ1n) is 25.0. The Morgan fingerprint density at radius 1 is 0.381 bits per heavy atom. The highest BCUT2D eigenvalue weighted by Crippen LogP contribution is 2.33. The molecule has 0 bridgehead atoms. The van der Waals surface area contributed by atoms with Crippen LogP contribution in [0.3, 0.4) is 0 Å². The summed E-state index contributed by atoms with van der Waals surface area (Å²) in [7, 11) is 0. The Hall–Kier alpha value is -3.22. The molecule has 4 fully saturated rings. The van der Waals surface area contributed by atoms with Crippen LogP contribution in [0.4, 0.5) is 0 Å². The molecule has 0 saturated heterocycles. The van der Waals surface area contributed by atoms with E-state index in [1.54, 1.807) is 0 Å². The number of carbonyl (C=O) groups excluding carboxylic acids is 6. The molecule has 4 saturated carbocycles. The van der Waals surface area contributed by atoms with Crippen LogP contribution in [0.2, 0.25) is 0 Å². The zero-order valence-corrected chi connectivity index (χ0v) is 39.4. The van der Waals surface area contributed by atoms with E-state index in [9.17, 15) is 28.8 Å². The van der Waals surface area contributed by atoms with Crippen LogP contribution in [0.15, 0.2) is 0 Å². The van der Waals surface area contributed by atoms with E-state index in [2.05, 4.69) is 33.0 Å². The maximum absolute atomic E-state index is 12.9. The van der Waals surface area contributed by atoms with Gasteiger partial charge >= 0.3 is 35.8 Å². The van der Waals surface area contributed by atoms with E-state index in [-0.39, 0.29) is 63.1 Å². The van der Waals surface area contributed by atoms with Gasteiger partial charge in [0, 0.05) is 38.5 Å². The zero-order valence-electron chi connectivity index (χ0n) is 39.4. The fourth-order valence-electron chi connectivity index (χ4n) is 9.62. The normalized spacial score (nSPS) is 27.2. The van der Waals surface area contributed by atoms with Crippen molar-refractivity contribution in [1.82, 2.24) is 5.32 Å². The van der Waals surface area contributed by atoms with Crippen LogP contribution in [-0.2, 0) is 57.2 Å². The molecule has 13 heteroatoms. The van der Waals surface area contributed by atoms with Crippen LogP contribution in [-0.4, -0.2) is 87.5 Å². The lowest BCUT2D eigenvalue weighted by Crippen LogP contribution is -2.32. The Balaban J connectivity index is 1.14. The average molecular weight is 890 g/mol. The van der Waals surface area contributed by atoms with Crippen molar-refractivity contribution in [3.05, 3.63) is 0 Å². The van der Waals surface area contributed by atoms with Gasteiger partial charge in [-0.15, -0.1) is 0 Å². The summed E-state index contributed by atoms with van der Waals surface area (Å²) in [5.41, 5.74) is 0. The van der Waals surface area contributed by atoms with Gasteiger partial charge in [-0.25, -0.2) is 0 Å². The molecule has 360 valence electrons. The van der Waals surface area contributed by atoms with Gasteiger partial charge in [0.15, 0.2) is 12.2 Å². The molecule has 13 nitrogen and oxygen atoms in total. The molecule has 0 aromatic rings. The molecule has 0 unspecified atom stereocenters. The Morgan fingerprint density at radius 3 is 0.857 bits per heavy atom. The molecule has 0 aliphatic heterocycles. The van der Waals surface area contributed by atoms with Crippen molar-refractivity contribution in [2.75, 3.05) is 39.5 Å². The highest BCUT2D eigenvalue weighted by Gasteiger charge is 2.28. The van der Waals surface area contributed by atoms with Crippen molar-refractivity contribution in [2.45, 2.75) is 194 Å². The fourth-order valence-corrected chi connectivity index (χ4v) is 9.62. The lowest BCUT2D eigenvalue weighted by Gasteiger charge is -2.26. The third-order valence-corrected chi connectivity index (χ3v) is 14.1. The van der Waals surface area contributed by atoms with Crippen LogP contribution in [0, 0.1) is 47.3 Å². The summed E-state index contributed by atoms with van der Waals surface area (Å²) in [5, 5.41) is 3.24. The summed E-state index contributed by atoms with van der Waals surface area (Å²) < 4.78 is 33.5. The zero-order chi connectivity index (χ0) is 45.4. The molecule has 4 aliphatic rings.